The molecular weight excluding hydrogens is 220 g/mol. The molecular formula is C14H21ClO. The highest BCUT2D eigenvalue weighted by molar-refractivity contribution is 6.09. The maximum Gasteiger partial charge on any atom is 0.149 e. The minimum Gasteiger partial charge on any atom is -0.385 e. The van der Waals surface area contributed by atoms with Crippen LogP contribution in [0.3, 0.4) is 0 Å². The van der Waals surface area contributed by atoms with Crippen LogP contribution in [0.1, 0.15) is 38.8 Å². The van der Waals surface area contributed by atoms with Gasteiger partial charge in [0.15, 0.2) is 0 Å². The molecule has 0 aliphatic carbocycles. The van der Waals surface area contributed by atoms with Crippen molar-refractivity contribution in [3.05, 3.63) is 29.3 Å². The van der Waals surface area contributed by atoms with Gasteiger partial charge in [0.1, 0.15) is 17.6 Å². The predicted molar refractivity (Wildman–Crippen MR) is 70.0 cm³/mol. The van der Waals surface area contributed by atoms with Crippen molar-refractivity contribution in [2.24, 2.45) is 11.8 Å². The maximum atomic E-state index is 5.52. The molecule has 1 aromatic rings. The fourth-order valence-corrected chi connectivity index (χ4v) is 2.10. The Morgan fingerprint density at radius 3 is 2.19 bits per heavy atom. The van der Waals surface area contributed by atoms with Crippen LogP contribution in [0.25, 0.3) is 0 Å². The number of hydrogen-bond acceptors (Lipinski definition) is 1. The molecule has 0 amide bonds. The number of rotatable bonds is 5. The standard InChI is InChI=1S/C14H21ClO/c1-10(2)8-12-6-5-7-14(16-15)13(12)9-11(3)4/h5-7,10-11H,8-9H2,1-4H3. The van der Waals surface area contributed by atoms with Gasteiger partial charge >= 0.3 is 0 Å². The van der Waals surface area contributed by atoms with Crippen LogP contribution < -0.4 is 4.29 Å². The Kier molecular flexibility index (Phi) is 5.14. The van der Waals surface area contributed by atoms with Crippen LogP contribution in [-0.4, -0.2) is 0 Å². The van der Waals surface area contributed by atoms with Crippen LogP contribution >= 0.6 is 11.9 Å². The van der Waals surface area contributed by atoms with Gasteiger partial charge in [-0.1, -0.05) is 39.8 Å². The van der Waals surface area contributed by atoms with Crippen molar-refractivity contribution in [3.8, 4) is 5.75 Å². The van der Waals surface area contributed by atoms with Crippen molar-refractivity contribution in [2.45, 2.75) is 40.5 Å². The first-order chi connectivity index (χ1) is 7.54. The number of halogens is 1. The van der Waals surface area contributed by atoms with Crippen LogP contribution in [0.5, 0.6) is 5.75 Å². The van der Waals surface area contributed by atoms with Crippen molar-refractivity contribution < 1.29 is 4.29 Å². The molecule has 1 aromatic carbocycles. The molecule has 0 spiro atoms. The first kappa shape index (κ1) is 13.4. The van der Waals surface area contributed by atoms with Gasteiger partial charge in [-0.15, -0.1) is 0 Å². The van der Waals surface area contributed by atoms with Gasteiger partial charge in [-0.25, -0.2) is 0 Å². The molecule has 0 radical (unpaired) electrons. The first-order valence-electron chi connectivity index (χ1n) is 5.94. The summed E-state index contributed by atoms with van der Waals surface area (Å²) in [6, 6.07) is 6.13. The van der Waals surface area contributed by atoms with E-state index in [1.54, 1.807) is 0 Å². The van der Waals surface area contributed by atoms with E-state index in [0.717, 1.165) is 18.6 Å². The summed E-state index contributed by atoms with van der Waals surface area (Å²) in [7, 11) is 0. The van der Waals surface area contributed by atoms with E-state index >= 15 is 0 Å². The third-order valence-electron chi connectivity index (χ3n) is 2.55. The summed E-state index contributed by atoms with van der Waals surface area (Å²) in [5.41, 5.74) is 2.63. The summed E-state index contributed by atoms with van der Waals surface area (Å²) < 4.78 is 4.94. The highest BCUT2D eigenvalue weighted by atomic mass is 35.5. The Hall–Kier alpha value is -0.690. The lowest BCUT2D eigenvalue weighted by Crippen LogP contribution is -2.04. The molecule has 2 heteroatoms. The second-order valence-corrected chi connectivity index (χ2v) is 5.32. The zero-order chi connectivity index (χ0) is 12.1. The summed E-state index contributed by atoms with van der Waals surface area (Å²) in [5, 5.41) is 0. The molecule has 1 nitrogen and oxygen atoms in total. The van der Waals surface area contributed by atoms with E-state index in [2.05, 4.69) is 33.8 Å². The largest absolute Gasteiger partial charge is 0.385 e. The molecule has 0 atom stereocenters. The lowest BCUT2D eigenvalue weighted by Gasteiger charge is -2.15. The summed E-state index contributed by atoms with van der Waals surface area (Å²) >= 11 is 5.52. The molecule has 0 aliphatic rings. The molecule has 1 rings (SSSR count). The minimum absolute atomic E-state index is 0.610. The van der Waals surface area contributed by atoms with E-state index < -0.39 is 0 Å². The van der Waals surface area contributed by atoms with E-state index in [-0.39, 0.29) is 0 Å². The van der Waals surface area contributed by atoms with Crippen LogP contribution in [0.15, 0.2) is 18.2 Å². The topological polar surface area (TPSA) is 9.23 Å². The second kappa shape index (κ2) is 6.15. The van der Waals surface area contributed by atoms with Gasteiger partial charge in [0.25, 0.3) is 0 Å². The van der Waals surface area contributed by atoms with Crippen LogP contribution in [-0.2, 0) is 12.8 Å². The van der Waals surface area contributed by atoms with Crippen LogP contribution in [0, 0.1) is 11.8 Å². The Morgan fingerprint density at radius 2 is 1.69 bits per heavy atom. The van der Waals surface area contributed by atoms with E-state index in [1.807, 2.05) is 12.1 Å². The van der Waals surface area contributed by atoms with Gasteiger partial charge in [-0.2, -0.15) is 0 Å². The predicted octanol–water partition coefficient (Wildman–Crippen LogP) is 4.62. The van der Waals surface area contributed by atoms with E-state index in [0.29, 0.717) is 11.8 Å². The lowest BCUT2D eigenvalue weighted by molar-refractivity contribution is 0.568. The van der Waals surface area contributed by atoms with Gasteiger partial charge in [-0.3, -0.25) is 0 Å². The molecule has 0 aromatic heterocycles. The molecule has 0 saturated carbocycles. The minimum atomic E-state index is 0.610. The lowest BCUT2D eigenvalue weighted by atomic mass is 9.92. The SMILES string of the molecule is CC(C)Cc1cccc(OCl)c1CC(C)C. The van der Waals surface area contributed by atoms with Crippen LogP contribution in [0.2, 0.25) is 0 Å². The first-order valence-corrected chi connectivity index (χ1v) is 6.24. The normalized spacial score (nSPS) is 11.2. The van der Waals surface area contributed by atoms with Crippen molar-refractivity contribution in [1.29, 1.82) is 0 Å². The highest BCUT2D eigenvalue weighted by Crippen LogP contribution is 2.28. The average Bonchev–Trinajstić information content (AvgIpc) is 2.19. The second-order valence-electron chi connectivity index (χ2n) is 5.17. The third kappa shape index (κ3) is 3.71. The molecule has 0 aliphatic heterocycles. The van der Waals surface area contributed by atoms with Crippen molar-refractivity contribution in [1.82, 2.24) is 0 Å². The fourth-order valence-electron chi connectivity index (χ4n) is 1.95. The molecule has 0 bridgehead atoms. The quantitative estimate of drug-likeness (QED) is 0.730. The van der Waals surface area contributed by atoms with E-state index in [9.17, 15) is 0 Å². The van der Waals surface area contributed by atoms with Gasteiger partial charge in [0, 0.05) is 0 Å². The summed E-state index contributed by atoms with van der Waals surface area (Å²) in [6.45, 7) is 8.88. The zero-order valence-electron chi connectivity index (χ0n) is 10.6. The molecule has 0 unspecified atom stereocenters. The molecule has 0 N–H and O–H groups in total. The number of hydrogen-bond donors (Lipinski definition) is 0. The van der Waals surface area contributed by atoms with Gasteiger partial charge in [-0.05, 0) is 41.9 Å². The van der Waals surface area contributed by atoms with E-state index in [1.165, 1.54) is 11.1 Å². The molecule has 16 heavy (non-hydrogen) atoms. The van der Waals surface area contributed by atoms with Crippen molar-refractivity contribution in [3.63, 3.8) is 0 Å². The van der Waals surface area contributed by atoms with Gasteiger partial charge in [0.2, 0.25) is 0 Å². The highest BCUT2D eigenvalue weighted by Gasteiger charge is 2.12. The smallest absolute Gasteiger partial charge is 0.149 e. The van der Waals surface area contributed by atoms with Crippen LogP contribution in [0.4, 0.5) is 0 Å². The molecule has 0 fully saturated rings. The Balaban J connectivity index is 3.04. The summed E-state index contributed by atoms with van der Waals surface area (Å²) in [5.74, 6) is 2.07. The Morgan fingerprint density at radius 1 is 1.06 bits per heavy atom. The third-order valence-corrected chi connectivity index (χ3v) is 2.72. The summed E-state index contributed by atoms with van der Waals surface area (Å²) in [4.78, 5) is 0. The van der Waals surface area contributed by atoms with Gasteiger partial charge in [0.05, 0.1) is 0 Å². The molecule has 90 valence electrons. The Bertz CT molecular complexity index is 332. The van der Waals surface area contributed by atoms with Gasteiger partial charge < -0.3 is 4.29 Å². The maximum absolute atomic E-state index is 5.52. The number of benzene rings is 1. The van der Waals surface area contributed by atoms with Crippen molar-refractivity contribution in [2.75, 3.05) is 0 Å². The zero-order valence-corrected chi connectivity index (χ0v) is 11.3. The monoisotopic (exact) mass is 240 g/mol. The van der Waals surface area contributed by atoms with E-state index in [4.69, 9.17) is 16.2 Å². The molecule has 0 saturated heterocycles. The molecule has 0 heterocycles. The Labute approximate surface area is 104 Å². The van der Waals surface area contributed by atoms with Crippen molar-refractivity contribution >= 4 is 11.9 Å². The average molecular weight is 241 g/mol. The summed E-state index contributed by atoms with van der Waals surface area (Å²) in [6.07, 6.45) is 2.10. The fraction of sp³-hybridized carbons (Fsp3) is 0.571.